The summed E-state index contributed by atoms with van der Waals surface area (Å²) >= 11 is 0. The summed E-state index contributed by atoms with van der Waals surface area (Å²) in [6.45, 7) is 5.76. The minimum absolute atomic E-state index is 0.622. The molecule has 0 aromatic heterocycles. The Labute approximate surface area is 91.8 Å². The van der Waals surface area contributed by atoms with Crippen LogP contribution in [0.25, 0.3) is 0 Å². The molecule has 0 spiro atoms. The van der Waals surface area contributed by atoms with E-state index in [-0.39, 0.29) is 0 Å². The van der Waals surface area contributed by atoms with Crippen molar-refractivity contribution in [3.8, 4) is 0 Å². The van der Waals surface area contributed by atoms with E-state index in [4.69, 9.17) is 21.4 Å². The van der Waals surface area contributed by atoms with Gasteiger partial charge in [0.1, 0.15) is 20.2 Å². The molecule has 0 radical (unpaired) electrons. The highest BCUT2D eigenvalue weighted by atomic mass is 35.7. The van der Waals surface area contributed by atoms with E-state index in [0.717, 1.165) is 13.1 Å². The zero-order valence-electron chi connectivity index (χ0n) is 7.28. The van der Waals surface area contributed by atoms with Gasteiger partial charge in [-0.05, 0) is 35.2 Å². The van der Waals surface area contributed by atoms with Gasteiger partial charge in [-0.1, -0.05) is 0 Å². The number of hydrogen-bond acceptors (Lipinski definition) is 4. The van der Waals surface area contributed by atoms with E-state index in [0.29, 0.717) is 5.96 Å². The van der Waals surface area contributed by atoms with Gasteiger partial charge < -0.3 is 4.90 Å². The summed E-state index contributed by atoms with van der Waals surface area (Å²) in [6.07, 6.45) is 0. The standard InChI is InChI=1S/C5H10Cl2N4S2/c1-3-11(4-2)5-8-12(6)10-13(7)9-5/h3-4H2,1-2H3. The lowest BCUT2D eigenvalue weighted by Crippen LogP contribution is -2.30. The summed E-state index contributed by atoms with van der Waals surface area (Å²) in [4.78, 5) is 2.00. The van der Waals surface area contributed by atoms with Gasteiger partial charge in [0, 0.05) is 13.1 Å². The highest BCUT2D eigenvalue weighted by Gasteiger charge is 2.11. The van der Waals surface area contributed by atoms with Gasteiger partial charge in [-0.25, -0.2) is 0 Å². The third kappa shape index (κ3) is 3.19. The van der Waals surface area contributed by atoms with Crippen LogP contribution in [0.4, 0.5) is 0 Å². The fraction of sp³-hybridized carbons (Fsp3) is 0.800. The van der Waals surface area contributed by atoms with E-state index in [9.17, 15) is 0 Å². The van der Waals surface area contributed by atoms with Crippen molar-refractivity contribution in [2.45, 2.75) is 13.8 Å². The van der Waals surface area contributed by atoms with Gasteiger partial charge in [-0.2, -0.15) is 8.76 Å². The lowest BCUT2D eigenvalue weighted by Gasteiger charge is -2.19. The predicted molar refractivity (Wildman–Crippen MR) is 61.6 cm³/mol. The maximum absolute atomic E-state index is 5.77. The Bertz CT molecular complexity index is 282. The normalized spacial score (nSPS) is 27.2. The van der Waals surface area contributed by atoms with E-state index < -0.39 is 20.2 Å². The third-order valence-electron chi connectivity index (χ3n) is 1.48. The van der Waals surface area contributed by atoms with Crippen LogP contribution >= 0.6 is 21.4 Å². The molecule has 0 aromatic rings. The van der Waals surface area contributed by atoms with E-state index in [2.05, 4.69) is 12.5 Å². The molecule has 0 fully saturated rings. The Kier molecular flexibility index (Phi) is 4.64. The van der Waals surface area contributed by atoms with Crippen LogP contribution in [0.3, 0.4) is 0 Å². The molecule has 0 amide bonds. The first kappa shape index (κ1) is 11.4. The molecule has 1 aliphatic heterocycles. The topological polar surface area (TPSA) is 40.3 Å². The number of guanidine groups is 1. The number of halogens is 2. The summed E-state index contributed by atoms with van der Waals surface area (Å²) < 4.78 is 12.1. The number of nitrogens with zero attached hydrogens (tertiary/aromatic N) is 4. The third-order valence-corrected chi connectivity index (χ3v) is 4.52. The van der Waals surface area contributed by atoms with Crippen LogP contribution in [0.1, 0.15) is 13.8 Å². The van der Waals surface area contributed by atoms with Crippen molar-refractivity contribution in [1.82, 2.24) is 4.90 Å². The Hall–Kier alpha value is 0.350. The van der Waals surface area contributed by atoms with Crippen LogP contribution < -0.4 is 0 Å². The summed E-state index contributed by atoms with van der Waals surface area (Å²) in [5.41, 5.74) is 0. The fourth-order valence-corrected chi connectivity index (χ4v) is 3.75. The van der Waals surface area contributed by atoms with Crippen LogP contribution in [-0.4, -0.2) is 23.9 Å². The van der Waals surface area contributed by atoms with Gasteiger partial charge in [0.2, 0.25) is 5.96 Å². The maximum Gasteiger partial charge on any atom is 0.243 e. The van der Waals surface area contributed by atoms with Crippen LogP contribution in [0.5, 0.6) is 0 Å². The van der Waals surface area contributed by atoms with Gasteiger partial charge in [0.15, 0.2) is 0 Å². The molecular formula is C5H10Cl2N4S2. The summed E-state index contributed by atoms with van der Waals surface area (Å²) in [5.74, 6) is 0.622. The molecule has 76 valence electrons. The first-order valence-corrected chi connectivity index (χ1v) is 7.69. The number of hydrogen-bond donors (Lipinski definition) is 0. The van der Waals surface area contributed by atoms with Gasteiger partial charge in [0.25, 0.3) is 0 Å². The molecule has 0 saturated carbocycles. The second-order valence-electron chi connectivity index (χ2n) is 2.17. The SMILES string of the molecule is CCN(CC)C1=NS(Cl)=NS(Cl)=N1. The van der Waals surface area contributed by atoms with Gasteiger partial charge >= 0.3 is 0 Å². The molecule has 13 heavy (non-hydrogen) atoms. The zero-order valence-corrected chi connectivity index (χ0v) is 10.4. The Balaban J connectivity index is 2.88. The second kappa shape index (κ2) is 5.29. The monoisotopic (exact) mass is 260 g/mol. The van der Waals surface area contributed by atoms with Gasteiger partial charge in [-0.3, -0.25) is 0 Å². The second-order valence-corrected chi connectivity index (χ2v) is 5.66. The highest BCUT2D eigenvalue weighted by Crippen LogP contribution is 2.13. The van der Waals surface area contributed by atoms with Crippen LogP contribution in [0.15, 0.2) is 12.5 Å². The van der Waals surface area contributed by atoms with Crippen molar-refractivity contribution in [1.29, 1.82) is 0 Å². The lowest BCUT2D eigenvalue weighted by atomic mass is 10.5. The van der Waals surface area contributed by atoms with Crippen molar-refractivity contribution < 1.29 is 0 Å². The van der Waals surface area contributed by atoms with Crippen molar-refractivity contribution >= 4 is 47.5 Å². The molecule has 8 heteroatoms. The molecule has 2 unspecified atom stereocenters. The molecule has 0 aliphatic carbocycles. The van der Waals surface area contributed by atoms with E-state index in [1.807, 2.05) is 18.7 Å². The largest absolute Gasteiger partial charge is 0.340 e. The fourth-order valence-electron chi connectivity index (χ4n) is 0.857. The molecule has 0 N–H and O–H groups in total. The quantitative estimate of drug-likeness (QED) is 0.752. The Morgan fingerprint density at radius 2 is 1.85 bits per heavy atom. The molecule has 0 bridgehead atoms. The average Bonchev–Trinajstić information content (AvgIpc) is 2.04. The molecule has 0 aromatic carbocycles. The first-order valence-electron chi connectivity index (χ1n) is 3.76. The molecule has 2 atom stereocenters. The number of rotatable bonds is 2. The Morgan fingerprint density at radius 3 is 2.31 bits per heavy atom. The maximum atomic E-state index is 5.77. The molecule has 1 aliphatic rings. The van der Waals surface area contributed by atoms with E-state index in [1.54, 1.807) is 0 Å². The molecular weight excluding hydrogens is 251 g/mol. The predicted octanol–water partition coefficient (Wildman–Crippen LogP) is 2.44. The minimum atomic E-state index is -0.844. The van der Waals surface area contributed by atoms with E-state index >= 15 is 0 Å². The van der Waals surface area contributed by atoms with Crippen LogP contribution in [0.2, 0.25) is 0 Å². The molecule has 1 rings (SSSR count). The summed E-state index contributed by atoms with van der Waals surface area (Å²) in [7, 11) is 9.86. The molecule has 4 nitrogen and oxygen atoms in total. The van der Waals surface area contributed by atoms with Crippen LogP contribution in [-0.2, 0) is 20.2 Å². The minimum Gasteiger partial charge on any atom is -0.340 e. The summed E-state index contributed by atoms with van der Waals surface area (Å²) in [5, 5.41) is 0. The highest BCUT2D eigenvalue weighted by molar-refractivity contribution is 8.19. The average molecular weight is 261 g/mol. The van der Waals surface area contributed by atoms with E-state index in [1.165, 1.54) is 0 Å². The van der Waals surface area contributed by atoms with Crippen molar-refractivity contribution in [2.24, 2.45) is 12.5 Å². The van der Waals surface area contributed by atoms with Crippen molar-refractivity contribution in [2.75, 3.05) is 13.1 Å². The first-order chi connectivity index (χ1) is 6.17. The zero-order chi connectivity index (χ0) is 9.84. The molecule has 0 saturated heterocycles. The van der Waals surface area contributed by atoms with Crippen molar-refractivity contribution in [3.05, 3.63) is 0 Å². The van der Waals surface area contributed by atoms with Crippen molar-refractivity contribution in [3.63, 3.8) is 0 Å². The molecule has 1 heterocycles. The van der Waals surface area contributed by atoms with Gasteiger partial charge in [0.05, 0.1) is 0 Å². The summed E-state index contributed by atoms with van der Waals surface area (Å²) in [6, 6.07) is 0. The van der Waals surface area contributed by atoms with Crippen LogP contribution in [0, 0.1) is 0 Å². The van der Waals surface area contributed by atoms with Gasteiger partial charge in [-0.15, -0.1) is 3.77 Å². The lowest BCUT2D eigenvalue weighted by molar-refractivity contribution is 0.462. The Morgan fingerprint density at radius 1 is 1.23 bits per heavy atom. The smallest absolute Gasteiger partial charge is 0.243 e.